The van der Waals surface area contributed by atoms with E-state index >= 15 is 0 Å². The molecule has 2 aromatic rings. The maximum absolute atomic E-state index is 8.77. The van der Waals surface area contributed by atoms with Gasteiger partial charge in [0.1, 0.15) is 0 Å². The highest BCUT2D eigenvalue weighted by Crippen LogP contribution is 2.21. The summed E-state index contributed by atoms with van der Waals surface area (Å²) in [5.41, 5.74) is 3.25. The molecule has 1 heterocycles. The Labute approximate surface area is 144 Å². The lowest BCUT2D eigenvalue weighted by Gasteiger charge is -2.08. The number of aryl methyl sites for hydroxylation is 1. The zero-order valence-electron chi connectivity index (χ0n) is 14.5. The van der Waals surface area contributed by atoms with Gasteiger partial charge in [-0.05, 0) is 26.8 Å². The molecule has 0 fully saturated rings. The number of nitrogens with one attached hydrogen (secondary N) is 1. The summed E-state index contributed by atoms with van der Waals surface area (Å²) >= 11 is 0. The van der Waals surface area contributed by atoms with Crippen LogP contribution in [0.5, 0.6) is 0 Å². The van der Waals surface area contributed by atoms with Gasteiger partial charge in [-0.3, -0.25) is 4.68 Å². The lowest BCUT2D eigenvalue weighted by Crippen LogP contribution is -2.17. The number of rotatable bonds is 10. The van der Waals surface area contributed by atoms with E-state index in [0.29, 0.717) is 13.0 Å². The fourth-order valence-corrected chi connectivity index (χ4v) is 2.45. The molecule has 0 aliphatic rings. The fraction of sp³-hybridized carbons (Fsp3) is 0.474. The normalized spacial score (nSPS) is 10.9. The van der Waals surface area contributed by atoms with E-state index in [1.54, 1.807) is 0 Å². The second-order valence-electron chi connectivity index (χ2n) is 5.99. The Morgan fingerprint density at radius 1 is 1.29 bits per heavy atom. The van der Waals surface area contributed by atoms with Crippen molar-refractivity contribution >= 4 is 0 Å². The molecule has 0 atom stereocenters. The summed E-state index contributed by atoms with van der Waals surface area (Å²) < 4.78 is 7.41. The van der Waals surface area contributed by atoms with Gasteiger partial charge < -0.3 is 10.1 Å². The number of aromatic nitrogens is 2. The number of benzene rings is 1. The Balaban J connectivity index is 1.96. The minimum absolute atomic E-state index is 0.285. The molecule has 0 spiro atoms. The van der Waals surface area contributed by atoms with Crippen LogP contribution in [-0.2, 0) is 17.8 Å². The minimum Gasteiger partial charge on any atom is -0.379 e. The summed E-state index contributed by atoms with van der Waals surface area (Å²) in [6, 6.07) is 12.3. The molecule has 5 nitrogen and oxygen atoms in total. The third-order valence-electron chi connectivity index (χ3n) is 3.60. The van der Waals surface area contributed by atoms with E-state index in [1.165, 1.54) is 0 Å². The van der Waals surface area contributed by atoms with Crippen molar-refractivity contribution in [2.24, 2.45) is 0 Å². The average Bonchev–Trinajstić information content (AvgIpc) is 2.99. The van der Waals surface area contributed by atoms with Crippen LogP contribution < -0.4 is 5.32 Å². The van der Waals surface area contributed by atoms with E-state index in [4.69, 9.17) is 10.00 Å². The number of nitrogens with zero attached hydrogens (tertiary/aromatic N) is 3. The first-order valence-corrected chi connectivity index (χ1v) is 8.51. The van der Waals surface area contributed by atoms with Gasteiger partial charge in [0.25, 0.3) is 0 Å². The van der Waals surface area contributed by atoms with Crippen LogP contribution in [0, 0.1) is 11.3 Å². The van der Waals surface area contributed by atoms with Gasteiger partial charge in [0.05, 0.1) is 30.8 Å². The summed E-state index contributed by atoms with van der Waals surface area (Å²) in [6.07, 6.45) is 3.78. The molecule has 1 aromatic heterocycles. The van der Waals surface area contributed by atoms with Gasteiger partial charge in [0.15, 0.2) is 0 Å². The standard InChI is InChI=1S/C19H26N4O/c1-16(2)24-13-7-11-21-14-18-15-23(12-6-10-20)22-19(18)17-8-4-3-5-9-17/h3-5,8-9,15-16,21H,6-7,11-14H2,1-2H3. The van der Waals surface area contributed by atoms with Crippen molar-refractivity contribution in [1.29, 1.82) is 5.26 Å². The molecule has 0 amide bonds. The zero-order valence-corrected chi connectivity index (χ0v) is 14.5. The van der Waals surface area contributed by atoms with Crippen molar-refractivity contribution in [3.05, 3.63) is 42.1 Å². The highest BCUT2D eigenvalue weighted by Gasteiger charge is 2.10. The van der Waals surface area contributed by atoms with Gasteiger partial charge >= 0.3 is 0 Å². The van der Waals surface area contributed by atoms with Crippen molar-refractivity contribution in [3.63, 3.8) is 0 Å². The Kier molecular flexibility index (Phi) is 7.47. The second-order valence-corrected chi connectivity index (χ2v) is 5.99. The molecule has 0 aliphatic carbocycles. The van der Waals surface area contributed by atoms with E-state index in [1.807, 2.05) is 29.1 Å². The third-order valence-corrected chi connectivity index (χ3v) is 3.60. The van der Waals surface area contributed by atoms with Gasteiger partial charge in [0.2, 0.25) is 0 Å². The maximum Gasteiger partial charge on any atom is 0.0968 e. The summed E-state index contributed by atoms with van der Waals surface area (Å²) in [7, 11) is 0. The molecule has 0 aliphatic heterocycles. The van der Waals surface area contributed by atoms with Crippen LogP contribution in [-0.4, -0.2) is 29.0 Å². The van der Waals surface area contributed by atoms with Gasteiger partial charge in [0, 0.05) is 30.5 Å². The lowest BCUT2D eigenvalue weighted by molar-refractivity contribution is 0.0770. The third kappa shape index (κ3) is 5.80. The lowest BCUT2D eigenvalue weighted by atomic mass is 10.1. The van der Waals surface area contributed by atoms with E-state index in [-0.39, 0.29) is 6.10 Å². The van der Waals surface area contributed by atoms with E-state index in [9.17, 15) is 0 Å². The maximum atomic E-state index is 8.77. The molecule has 2 rings (SSSR count). The highest BCUT2D eigenvalue weighted by molar-refractivity contribution is 5.62. The monoisotopic (exact) mass is 326 g/mol. The quantitative estimate of drug-likeness (QED) is 0.680. The van der Waals surface area contributed by atoms with E-state index < -0.39 is 0 Å². The molecule has 128 valence electrons. The molecule has 0 saturated carbocycles. The van der Waals surface area contributed by atoms with Crippen molar-refractivity contribution in [1.82, 2.24) is 15.1 Å². The molecule has 0 bridgehead atoms. The smallest absolute Gasteiger partial charge is 0.0968 e. The first kappa shape index (κ1) is 18.2. The van der Waals surface area contributed by atoms with Crippen LogP contribution in [0.3, 0.4) is 0 Å². The van der Waals surface area contributed by atoms with Crippen LogP contribution in [0.2, 0.25) is 0 Å². The van der Waals surface area contributed by atoms with Gasteiger partial charge in [-0.1, -0.05) is 30.3 Å². The van der Waals surface area contributed by atoms with E-state index in [2.05, 4.69) is 42.5 Å². The Morgan fingerprint density at radius 3 is 2.79 bits per heavy atom. The fourth-order valence-electron chi connectivity index (χ4n) is 2.45. The summed E-state index contributed by atoms with van der Waals surface area (Å²) in [5, 5.41) is 16.9. The van der Waals surface area contributed by atoms with Crippen LogP contribution in [0.25, 0.3) is 11.3 Å². The van der Waals surface area contributed by atoms with Gasteiger partial charge in [-0.15, -0.1) is 0 Å². The zero-order chi connectivity index (χ0) is 17.2. The Bertz CT molecular complexity index is 643. The predicted molar refractivity (Wildman–Crippen MR) is 95.3 cm³/mol. The summed E-state index contributed by atoms with van der Waals surface area (Å²) in [4.78, 5) is 0. The summed E-state index contributed by atoms with van der Waals surface area (Å²) in [5.74, 6) is 0. The largest absolute Gasteiger partial charge is 0.379 e. The molecule has 5 heteroatoms. The molecule has 0 saturated heterocycles. The Morgan fingerprint density at radius 2 is 2.08 bits per heavy atom. The molecule has 0 unspecified atom stereocenters. The molecular weight excluding hydrogens is 300 g/mol. The van der Waals surface area contributed by atoms with Crippen LogP contribution in [0.4, 0.5) is 0 Å². The van der Waals surface area contributed by atoms with Crippen molar-refractivity contribution in [2.45, 2.75) is 45.9 Å². The molecular formula is C19H26N4O. The molecule has 0 radical (unpaired) electrons. The van der Waals surface area contributed by atoms with Crippen LogP contribution in [0.1, 0.15) is 32.3 Å². The van der Waals surface area contributed by atoms with E-state index in [0.717, 1.165) is 42.9 Å². The van der Waals surface area contributed by atoms with Crippen molar-refractivity contribution in [3.8, 4) is 17.3 Å². The number of nitriles is 1. The summed E-state index contributed by atoms with van der Waals surface area (Å²) in [6.45, 7) is 7.17. The SMILES string of the molecule is CC(C)OCCCNCc1cn(CCC#N)nc1-c1ccccc1. The van der Waals surface area contributed by atoms with Crippen LogP contribution >= 0.6 is 0 Å². The number of hydrogen-bond donors (Lipinski definition) is 1. The van der Waals surface area contributed by atoms with Gasteiger partial charge in [-0.2, -0.15) is 10.4 Å². The first-order valence-electron chi connectivity index (χ1n) is 8.51. The predicted octanol–water partition coefficient (Wildman–Crippen LogP) is 3.37. The van der Waals surface area contributed by atoms with Crippen molar-refractivity contribution in [2.75, 3.05) is 13.2 Å². The molecule has 1 aromatic carbocycles. The average molecular weight is 326 g/mol. The topological polar surface area (TPSA) is 62.9 Å². The number of hydrogen-bond acceptors (Lipinski definition) is 4. The second kappa shape index (κ2) is 9.86. The Hall–Kier alpha value is -2.16. The minimum atomic E-state index is 0.285. The highest BCUT2D eigenvalue weighted by atomic mass is 16.5. The van der Waals surface area contributed by atoms with Crippen molar-refractivity contribution < 1.29 is 4.74 Å². The molecule has 24 heavy (non-hydrogen) atoms. The number of ether oxygens (including phenoxy) is 1. The van der Waals surface area contributed by atoms with Crippen LogP contribution in [0.15, 0.2) is 36.5 Å². The molecule has 1 N–H and O–H groups in total. The first-order chi connectivity index (χ1) is 11.7. The van der Waals surface area contributed by atoms with Gasteiger partial charge in [-0.25, -0.2) is 0 Å².